The van der Waals surface area contributed by atoms with Crippen molar-refractivity contribution in [1.29, 1.82) is 0 Å². The number of hydrogen-bond donors (Lipinski definition) is 1. The van der Waals surface area contributed by atoms with Gasteiger partial charge in [-0.15, -0.1) is 0 Å². The molecule has 3 rings (SSSR count). The number of benzene rings is 1. The number of fused-ring (bicyclic) bond motifs is 1. The Balaban J connectivity index is 1.90. The van der Waals surface area contributed by atoms with E-state index >= 15 is 0 Å². The van der Waals surface area contributed by atoms with E-state index in [9.17, 15) is 0 Å². The minimum Gasteiger partial charge on any atom is -0.261 e. The lowest BCUT2D eigenvalue weighted by molar-refractivity contribution is 1.23. The Bertz CT molecular complexity index is 839. The normalized spacial score (nSPS) is 11.2. The first-order chi connectivity index (χ1) is 10.6. The maximum atomic E-state index is 4.66. The molecule has 0 saturated heterocycles. The van der Waals surface area contributed by atoms with Crippen LogP contribution < -0.4 is 5.43 Å². The molecule has 0 amide bonds. The highest BCUT2D eigenvalue weighted by Crippen LogP contribution is 2.24. The fourth-order valence-electron chi connectivity index (χ4n) is 2.52. The number of rotatable bonds is 3. The van der Waals surface area contributed by atoms with Gasteiger partial charge in [0.2, 0.25) is 0 Å². The number of hydrogen-bond acceptors (Lipinski definition) is 4. The number of pyridine rings is 2. The molecule has 2 aromatic heterocycles. The van der Waals surface area contributed by atoms with Crippen molar-refractivity contribution in [2.24, 2.45) is 5.10 Å². The van der Waals surface area contributed by atoms with Crippen molar-refractivity contribution >= 4 is 22.9 Å². The Hall–Kier alpha value is -2.75. The predicted octanol–water partition coefficient (Wildman–Crippen LogP) is 4.00. The maximum absolute atomic E-state index is 4.66. The van der Waals surface area contributed by atoms with Crippen molar-refractivity contribution in [3.05, 3.63) is 65.0 Å². The van der Waals surface area contributed by atoms with Gasteiger partial charge < -0.3 is 0 Å². The largest absolute Gasteiger partial charge is 0.261 e. The van der Waals surface area contributed by atoms with E-state index < -0.39 is 0 Å². The molecule has 0 bridgehead atoms. The standard InChI is InChI=1S/C18H18N4/c1-12-8-14(3)18-16(9-12)13(2)10-17(21-18)22-20-11-15-6-4-5-7-19-15/h4-11H,1-3H3,(H,21,22). The van der Waals surface area contributed by atoms with Crippen LogP contribution >= 0.6 is 0 Å². The molecule has 110 valence electrons. The molecule has 0 aliphatic heterocycles. The Morgan fingerprint density at radius 3 is 2.68 bits per heavy atom. The van der Waals surface area contributed by atoms with Gasteiger partial charge in [0.05, 0.1) is 17.4 Å². The Kier molecular flexibility index (Phi) is 3.83. The van der Waals surface area contributed by atoms with Crippen LogP contribution in [-0.2, 0) is 0 Å². The number of nitrogens with zero attached hydrogens (tertiary/aromatic N) is 3. The third-order valence-electron chi connectivity index (χ3n) is 3.52. The summed E-state index contributed by atoms with van der Waals surface area (Å²) in [4.78, 5) is 8.85. The summed E-state index contributed by atoms with van der Waals surface area (Å²) < 4.78 is 0. The summed E-state index contributed by atoms with van der Waals surface area (Å²) in [6.45, 7) is 6.29. The minimum absolute atomic E-state index is 0.740. The molecule has 0 atom stereocenters. The van der Waals surface area contributed by atoms with Crippen LogP contribution in [0.15, 0.2) is 47.7 Å². The Morgan fingerprint density at radius 2 is 1.91 bits per heavy atom. The lowest BCUT2D eigenvalue weighted by Crippen LogP contribution is -1.97. The van der Waals surface area contributed by atoms with E-state index in [1.54, 1.807) is 12.4 Å². The molecule has 1 N–H and O–H groups in total. The van der Waals surface area contributed by atoms with Crippen LogP contribution in [0, 0.1) is 20.8 Å². The summed E-state index contributed by atoms with van der Waals surface area (Å²) in [6.07, 6.45) is 3.43. The van der Waals surface area contributed by atoms with Crippen LogP contribution in [0.1, 0.15) is 22.4 Å². The molecule has 3 aromatic rings. The number of aromatic nitrogens is 2. The van der Waals surface area contributed by atoms with E-state index in [0.717, 1.165) is 17.0 Å². The monoisotopic (exact) mass is 290 g/mol. The Labute approximate surface area is 129 Å². The van der Waals surface area contributed by atoms with Gasteiger partial charge in [0, 0.05) is 11.6 Å². The molecule has 4 heteroatoms. The van der Waals surface area contributed by atoms with Crippen molar-refractivity contribution in [3.63, 3.8) is 0 Å². The van der Waals surface area contributed by atoms with Crippen LogP contribution in [0.4, 0.5) is 5.82 Å². The van der Waals surface area contributed by atoms with Crippen molar-refractivity contribution in [1.82, 2.24) is 9.97 Å². The molecule has 0 aliphatic carbocycles. The lowest BCUT2D eigenvalue weighted by Gasteiger charge is -2.09. The summed E-state index contributed by atoms with van der Waals surface area (Å²) in [7, 11) is 0. The number of nitrogens with one attached hydrogen (secondary N) is 1. The molecule has 0 spiro atoms. The molecule has 0 unspecified atom stereocenters. The van der Waals surface area contributed by atoms with Crippen LogP contribution in [0.25, 0.3) is 10.9 Å². The van der Waals surface area contributed by atoms with E-state index in [-0.39, 0.29) is 0 Å². The van der Waals surface area contributed by atoms with Crippen molar-refractivity contribution in [2.45, 2.75) is 20.8 Å². The smallest absolute Gasteiger partial charge is 0.147 e. The molecular formula is C18H18N4. The van der Waals surface area contributed by atoms with E-state index in [1.165, 1.54) is 22.1 Å². The minimum atomic E-state index is 0.740. The number of hydrazone groups is 1. The third-order valence-corrected chi connectivity index (χ3v) is 3.52. The molecule has 0 radical (unpaired) electrons. The summed E-state index contributed by atoms with van der Waals surface area (Å²) in [5.41, 5.74) is 8.42. The van der Waals surface area contributed by atoms with E-state index in [2.05, 4.69) is 53.4 Å². The van der Waals surface area contributed by atoms with E-state index in [0.29, 0.717) is 0 Å². The van der Waals surface area contributed by atoms with E-state index in [4.69, 9.17) is 0 Å². The third kappa shape index (κ3) is 2.96. The molecule has 1 aromatic carbocycles. The summed E-state index contributed by atoms with van der Waals surface area (Å²) in [5.74, 6) is 0.740. The topological polar surface area (TPSA) is 50.2 Å². The first-order valence-corrected chi connectivity index (χ1v) is 7.22. The van der Waals surface area contributed by atoms with Gasteiger partial charge in [-0.05, 0) is 56.2 Å². The second-order valence-electron chi connectivity index (χ2n) is 5.43. The van der Waals surface area contributed by atoms with Gasteiger partial charge in [0.1, 0.15) is 5.82 Å². The second-order valence-corrected chi connectivity index (χ2v) is 5.43. The molecule has 0 aliphatic rings. The van der Waals surface area contributed by atoms with Gasteiger partial charge in [-0.1, -0.05) is 17.7 Å². The second kappa shape index (κ2) is 5.93. The zero-order valence-electron chi connectivity index (χ0n) is 13.0. The zero-order valence-corrected chi connectivity index (χ0v) is 13.0. The summed E-state index contributed by atoms with van der Waals surface area (Å²) >= 11 is 0. The fraction of sp³-hybridized carbons (Fsp3) is 0.167. The van der Waals surface area contributed by atoms with Crippen LogP contribution in [0.2, 0.25) is 0 Å². The van der Waals surface area contributed by atoms with Gasteiger partial charge >= 0.3 is 0 Å². The summed E-state index contributed by atoms with van der Waals surface area (Å²) in [5, 5.41) is 5.40. The van der Waals surface area contributed by atoms with Crippen LogP contribution in [-0.4, -0.2) is 16.2 Å². The highest BCUT2D eigenvalue weighted by atomic mass is 15.3. The molecular weight excluding hydrogens is 272 g/mol. The first kappa shape index (κ1) is 14.2. The molecule has 0 saturated carbocycles. The zero-order chi connectivity index (χ0) is 15.5. The lowest BCUT2D eigenvalue weighted by atomic mass is 10.0. The molecule has 22 heavy (non-hydrogen) atoms. The maximum Gasteiger partial charge on any atom is 0.147 e. The average Bonchev–Trinajstić information content (AvgIpc) is 2.50. The first-order valence-electron chi connectivity index (χ1n) is 7.22. The van der Waals surface area contributed by atoms with E-state index in [1.807, 2.05) is 24.3 Å². The number of aryl methyl sites for hydroxylation is 3. The number of anilines is 1. The highest BCUT2D eigenvalue weighted by Gasteiger charge is 2.05. The Morgan fingerprint density at radius 1 is 1.05 bits per heavy atom. The van der Waals surface area contributed by atoms with Gasteiger partial charge in [0.15, 0.2) is 0 Å². The van der Waals surface area contributed by atoms with Crippen molar-refractivity contribution < 1.29 is 0 Å². The van der Waals surface area contributed by atoms with Gasteiger partial charge in [-0.3, -0.25) is 10.4 Å². The summed E-state index contributed by atoms with van der Waals surface area (Å²) in [6, 6.07) is 12.0. The predicted molar refractivity (Wildman–Crippen MR) is 91.4 cm³/mol. The quantitative estimate of drug-likeness (QED) is 0.586. The van der Waals surface area contributed by atoms with Crippen LogP contribution in [0.5, 0.6) is 0 Å². The molecule has 4 nitrogen and oxygen atoms in total. The van der Waals surface area contributed by atoms with Crippen LogP contribution in [0.3, 0.4) is 0 Å². The van der Waals surface area contributed by atoms with Gasteiger partial charge in [0.25, 0.3) is 0 Å². The fourth-order valence-corrected chi connectivity index (χ4v) is 2.52. The van der Waals surface area contributed by atoms with Crippen molar-refractivity contribution in [2.75, 3.05) is 5.43 Å². The molecule has 0 fully saturated rings. The molecule has 2 heterocycles. The highest BCUT2D eigenvalue weighted by molar-refractivity contribution is 5.87. The van der Waals surface area contributed by atoms with Gasteiger partial charge in [-0.2, -0.15) is 5.10 Å². The van der Waals surface area contributed by atoms with Gasteiger partial charge in [-0.25, -0.2) is 4.98 Å². The average molecular weight is 290 g/mol. The van der Waals surface area contributed by atoms with Crippen molar-refractivity contribution in [3.8, 4) is 0 Å². The SMILES string of the molecule is Cc1cc(C)c2nc(NN=Cc3ccccn3)cc(C)c2c1.